The van der Waals surface area contributed by atoms with Gasteiger partial charge < -0.3 is 5.32 Å². The van der Waals surface area contributed by atoms with Gasteiger partial charge in [-0.05, 0) is 18.2 Å². The number of alkyl halides is 3. The second kappa shape index (κ2) is 5.65. The first-order valence-corrected chi connectivity index (χ1v) is 5.81. The number of benzene rings is 1. The van der Waals surface area contributed by atoms with Crippen LogP contribution < -0.4 is 5.32 Å². The van der Waals surface area contributed by atoms with Crippen LogP contribution in [0.15, 0.2) is 30.6 Å². The molecule has 0 bridgehead atoms. The molecule has 1 amide bonds. The molecule has 0 spiro atoms. The van der Waals surface area contributed by atoms with Crippen molar-refractivity contribution < 1.29 is 22.4 Å². The minimum Gasteiger partial charge on any atom is -0.305 e. The fourth-order valence-electron chi connectivity index (χ4n) is 1.45. The third-order valence-corrected chi connectivity index (χ3v) is 2.59. The maximum Gasteiger partial charge on any atom is 0.419 e. The number of aromatic nitrogens is 2. The lowest BCUT2D eigenvalue weighted by Gasteiger charge is -2.10. The molecule has 0 saturated carbocycles. The second-order valence-corrected chi connectivity index (χ2v) is 4.26. The highest BCUT2D eigenvalue weighted by Crippen LogP contribution is 2.32. The summed E-state index contributed by atoms with van der Waals surface area (Å²) in [6.07, 6.45) is -2.60. The van der Waals surface area contributed by atoms with E-state index >= 15 is 0 Å². The number of nitrogens with zero attached hydrogens (tertiary/aromatic N) is 2. The molecule has 1 aromatic heterocycles. The minimum absolute atomic E-state index is 0.00211. The van der Waals surface area contributed by atoms with Gasteiger partial charge in [-0.15, -0.1) is 0 Å². The van der Waals surface area contributed by atoms with Gasteiger partial charge in [0.15, 0.2) is 5.82 Å². The Morgan fingerprint density at radius 2 is 1.90 bits per heavy atom. The first kappa shape index (κ1) is 15.2. The van der Waals surface area contributed by atoms with E-state index in [-0.39, 0.29) is 16.5 Å². The Bertz CT molecular complexity index is 673. The SMILES string of the molecule is O=C(Nc1cnc(Cl)cn1)c1ccc(F)c(C(F)(F)F)c1. The molecule has 0 aliphatic heterocycles. The van der Waals surface area contributed by atoms with Crippen molar-refractivity contribution in [3.05, 3.63) is 52.7 Å². The number of anilines is 1. The van der Waals surface area contributed by atoms with E-state index < -0.39 is 23.5 Å². The van der Waals surface area contributed by atoms with Crippen LogP contribution in [0.4, 0.5) is 23.4 Å². The lowest BCUT2D eigenvalue weighted by atomic mass is 10.1. The van der Waals surface area contributed by atoms with Gasteiger partial charge in [0, 0.05) is 5.56 Å². The number of nitrogens with one attached hydrogen (secondary N) is 1. The lowest BCUT2D eigenvalue weighted by molar-refractivity contribution is -0.140. The third-order valence-electron chi connectivity index (χ3n) is 2.40. The Morgan fingerprint density at radius 3 is 2.48 bits per heavy atom. The zero-order chi connectivity index (χ0) is 15.6. The van der Waals surface area contributed by atoms with Gasteiger partial charge in [-0.25, -0.2) is 14.4 Å². The molecule has 0 saturated heterocycles. The molecule has 0 atom stereocenters. The predicted molar refractivity (Wildman–Crippen MR) is 66.4 cm³/mol. The highest BCUT2D eigenvalue weighted by molar-refractivity contribution is 6.29. The van der Waals surface area contributed by atoms with Crippen molar-refractivity contribution in [2.45, 2.75) is 6.18 Å². The van der Waals surface area contributed by atoms with Gasteiger partial charge in [0.05, 0.1) is 18.0 Å². The molecule has 0 aliphatic carbocycles. The van der Waals surface area contributed by atoms with Crippen LogP contribution in [-0.2, 0) is 6.18 Å². The first-order chi connectivity index (χ1) is 9.77. The van der Waals surface area contributed by atoms with Gasteiger partial charge in [0.2, 0.25) is 0 Å². The zero-order valence-corrected chi connectivity index (χ0v) is 10.8. The van der Waals surface area contributed by atoms with Crippen LogP contribution in [0, 0.1) is 5.82 Å². The van der Waals surface area contributed by atoms with E-state index in [0.717, 1.165) is 18.5 Å². The molecule has 0 unspecified atom stereocenters. The van der Waals surface area contributed by atoms with E-state index in [9.17, 15) is 22.4 Å². The third kappa shape index (κ3) is 3.66. The van der Waals surface area contributed by atoms with Gasteiger partial charge >= 0.3 is 6.18 Å². The van der Waals surface area contributed by atoms with Crippen molar-refractivity contribution in [2.24, 2.45) is 0 Å². The summed E-state index contributed by atoms with van der Waals surface area (Å²) in [6.45, 7) is 0. The summed E-state index contributed by atoms with van der Waals surface area (Å²) in [4.78, 5) is 19.1. The average Bonchev–Trinajstić information content (AvgIpc) is 2.40. The van der Waals surface area contributed by atoms with Crippen molar-refractivity contribution >= 4 is 23.3 Å². The van der Waals surface area contributed by atoms with Gasteiger partial charge in [0.1, 0.15) is 11.0 Å². The Kier molecular flexibility index (Phi) is 4.08. The van der Waals surface area contributed by atoms with Crippen LogP contribution in [0.25, 0.3) is 0 Å². The van der Waals surface area contributed by atoms with Crippen LogP contribution in [-0.4, -0.2) is 15.9 Å². The summed E-state index contributed by atoms with van der Waals surface area (Å²) in [5, 5.41) is 2.31. The van der Waals surface area contributed by atoms with Gasteiger partial charge in [-0.1, -0.05) is 11.6 Å². The maximum absolute atomic E-state index is 13.1. The summed E-state index contributed by atoms with van der Waals surface area (Å²) in [5.74, 6) is -2.33. The summed E-state index contributed by atoms with van der Waals surface area (Å²) in [7, 11) is 0. The minimum atomic E-state index is -4.89. The molecule has 21 heavy (non-hydrogen) atoms. The predicted octanol–water partition coefficient (Wildman–Crippen LogP) is 3.54. The summed E-state index contributed by atoms with van der Waals surface area (Å²) in [5.41, 5.74) is -1.88. The molecule has 0 aliphatic rings. The van der Waals surface area contributed by atoms with Crippen molar-refractivity contribution in [3.63, 3.8) is 0 Å². The van der Waals surface area contributed by atoms with Crippen LogP contribution in [0.1, 0.15) is 15.9 Å². The second-order valence-electron chi connectivity index (χ2n) is 3.87. The lowest BCUT2D eigenvalue weighted by Crippen LogP contribution is -2.16. The Balaban J connectivity index is 2.25. The molecule has 9 heteroatoms. The van der Waals surface area contributed by atoms with E-state index in [4.69, 9.17) is 11.6 Å². The molecule has 2 rings (SSSR count). The van der Waals surface area contributed by atoms with Crippen LogP contribution in [0.3, 0.4) is 0 Å². The summed E-state index contributed by atoms with van der Waals surface area (Å²) < 4.78 is 50.8. The highest BCUT2D eigenvalue weighted by atomic mass is 35.5. The van der Waals surface area contributed by atoms with E-state index in [1.54, 1.807) is 0 Å². The number of hydrogen-bond donors (Lipinski definition) is 1. The molecule has 4 nitrogen and oxygen atoms in total. The number of halogens is 5. The molecule has 110 valence electrons. The molecule has 1 aromatic carbocycles. The van der Waals surface area contributed by atoms with Crippen LogP contribution in [0.5, 0.6) is 0 Å². The number of carbonyl (C=O) groups excluding carboxylic acids is 1. The normalized spacial score (nSPS) is 11.3. The zero-order valence-electron chi connectivity index (χ0n) is 10.1. The Labute approximate surface area is 120 Å². The number of amides is 1. The monoisotopic (exact) mass is 319 g/mol. The highest BCUT2D eigenvalue weighted by Gasteiger charge is 2.34. The maximum atomic E-state index is 13.1. The Morgan fingerprint density at radius 1 is 1.19 bits per heavy atom. The van der Waals surface area contributed by atoms with E-state index in [1.807, 2.05) is 0 Å². The smallest absolute Gasteiger partial charge is 0.305 e. The number of rotatable bonds is 2. The van der Waals surface area contributed by atoms with E-state index in [2.05, 4.69) is 15.3 Å². The average molecular weight is 320 g/mol. The first-order valence-electron chi connectivity index (χ1n) is 5.43. The summed E-state index contributed by atoms with van der Waals surface area (Å²) in [6, 6.07) is 1.93. The topological polar surface area (TPSA) is 54.9 Å². The fraction of sp³-hybridized carbons (Fsp3) is 0.0833. The van der Waals surface area contributed by atoms with Gasteiger partial charge in [-0.2, -0.15) is 13.2 Å². The molecule has 1 heterocycles. The Hall–Kier alpha value is -2.22. The van der Waals surface area contributed by atoms with Crippen molar-refractivity contribution in [2.75, 3.05) is 5.32 Å². The molecular weight excluding hydrogens is 314 g/mol. The largest absolute Gasteiger partial charge is 0.419 e. The van der Waals surface area contributed by atoms with Crippen molar-refractivity contribution in [1.29, 1.82) is 0 Å². The molecular formula is C12H6ClF4N3O. The summed E-state index contributed by atoms with van der Waals surface area (Å²) >= 11 is 5.50. The van der Waals surface area contributed by atoms with E-state index in [0.29, 0.717) is 12.1 Å². The van der Waals surface area contributed by atoms with Gasteiger partial charge in [0.25, 0.3) is 5.91 Å². The molecule has 0 fully saturated rings. The van der Waals surface area contributed by atoms with Gasteiger partial charge in [-0.3, -0.25) is 4.79 Å². The molecule has 0 radical (unpaired) electrons. The standard InChI is InChI=1S/C12H6ClF4N3O/c13-9-4-19-10(5-18-9)20-11(21)6-1-2-8(14)7(3-6)12(15,16)17/h1-5H,(H,19,20,21). The van der Waals surface area contributed by atoms with Crippen LogP contribution in [0.2, 0.25) is 5.15 Å². The van der Waals surface area contributed by atoms with Crippen LogP contribution >= 0.6 is 11.6 Å². The number of hydrogen-bond acceptors (Lipinski definition) is 3. The quantitative estimate of drug-likeness (QED) is 0.861. The van der Waals surface area contributed by atoms with Crippen molar-refractivity contribution in [3.8, 4) is 0 Å². The fourth-order valence-corrected chi connectivity index (χ4v) is 1.55. The molecule has 1 N–H and O–H groups in total. The number of carbonyl (C=O) groups is 1. The van der Waals surface area contributed by atoms with Crippen molar-refractivity contribution in [1.82, 2.24) is 9.97 Å². The molecule has 2 aromatic rings. The van der Waals surface area contributed by atoms with E-state index in [1.165, 1.54) is 0 Å².